The smallest absolute Gasteiger partial charge is 0.409 e. The van der Waals surface area contributed by atoms with Gasteiger partial charge in [-0.1, -0.05) is 0 Å². The number of carboxylic acids is 1. The topological polar surface area (TPSA) is 111 Å². The largest absolute Gasteiger partial charge is 0.545 e. The number of carboxylic acid groups (broad SMARTS) is 1. The van der Waals surface area contributed by atoms with Gasteiger partial charge in [0, 0.05) is 5.56 Å². The first-order chi connectivity index (χ1) is 7.68. The van der Waals surface area contributed by atoms with E-state index in [0.29, 0.717) is 0 Å². The molecule has 0 atom stereocenters. The Labute approximate surface area is 91.6 Å². The first-order valence-corrected chi connectivity index (χ1v) is 3.84. The maximum Gasteiger partial charge on any atom is 0.409 e. The van der Waals surface area contributed by atoms with Gasteiger partial charge in [-0.2, -0.15) is 0 Å². The molecule has 0 aliphatic rings. The number of hydrogen-bond donors (Lipinski definition) is 2. The van der Waals surface area contributed by atoms with Crippen LogP contribution in [0.5, 0.6) is 0 Å². The number of nitrogens with two attached hydrogens (primary N) is 1. The molecule has 17 heavy (non-hydrogen) atoms. The fourth-order valence-corrected chi connectivity index (χ4v) is 0.721. The molecule has 0 saturated heterocycles. The third-order valence-corrected chi connectivity index (χ3v) is 1.32. The average Bonchev–Trinajstić information content (AvgIpc) is 2.19. The van der Waals surface area contributed by atoms with Gasteiger partial charge in [0.05, 0.1) is 5.97 Å². The molecular formula is C8H6F4N2O3. The molecule has 0 heterocycles. The predicted octanol–water partition coefficient (Wildman–Crippen LogP) is -1.09. The number of halogens is 4. The molecule has 2 amide bonds. The van der Waals surface area contributed by atoms with Crippen molar-refractivity contribution in [2.45, 2.75) is 0 Å². The normalized spacial score (nSPS) is 9.24. The molecule has 0 radical (unpaired) electrons. The highest BCUT2D eigenvalue weighted by atomic mass is 19.2. The molecule has 0 bridgehead atoms. The van der Waals surface area contributed by atoms with E-state index in [9.17, 15) is 27.5 Å². The maximum atomic E-state index is 12.5. The number of hydrogen-bond acceptors (Lipinski definition) is 3. The van der Waals surface area contributed by atoms with Crippen LogP contribution in [0.15, 0.2) is 6.07 Å². The monoisotopic (exact) mass is 254 g/mol. The zero-order chi connectivity index (χ0) is 13.7. The van der Waals surface area contributed by atoms with Crippen LogP contribution in [0.25, 0.3) is 0 Å². The van der Waals surface area contributed by atoms with Gasteiger partial charge in [-0.15, -0.1) is 0 Å². The fraction of sp³-hybridized carbons (Fsp3) is 0. The summed E-state index contributed by atoms with van der Waals surface area (Å²) in [5, 5.41) is 10.0. The van der Waals surface area contributed by atoms with Crippen molar-refractivity contribution in [1.29, 1.82) is 0 Å². The summed E-state index contributed by atoms with van der Waals surface area (Å²) in [5.41, 5.74) is 5.79. The van der Waals surface area contributed by atoms with Crippen LogP contribution in [0.4, 0.5) is 22.4 Å². The molecule has 0 aromatic heterocycles. The molecule has 0 unspecified atom stereocenters. The van der Waals surface area contributed by atoms with Crippen LogP contribution in [0.3, 0.4) is 0 Å². The molecule has 9 heteroatoms. The number of carbonyl (C=O) groups is 2. The van der Waals surface area contributed by atoms with Crippen LogP contribution >= 0.6 is 0 Å². The van der Waals surface area contributed by atoms with Crippen LogP contribution in [-0.2, 0) is 0 Å². The van der Waals surface area contributed by atoms with Crippen molar-refractivity contribution in [3.8, 4) is 0 Å². The molecule has 0 aliphatic heterocycles. The number of rotatable bonds is 1. The quantitative estimate of drug-likeness (QED) is 0.377. The molecule has 0 aliphatic carbocycles. The van der Waals surface area contributed by atoms with Gasteiger partial charge >= 0.3 is 6.03 Å². The SMILES string of the molecule is NC([NH3+])=O.O=C([O-])c1cc(F)c(F)c(F)c1F. The molecule has 5 nitrogen and oxygen atoms in total. The van der Waals surface area contributed by atoms with Gasteiger partial charge in [0.1, 0.15) is 0 Å². The Hall–Kier alpha value is -2.16. The van der Waals surface area contributed by atoms with Crippen LogP contribution < -0.4 is 16.6 Å². The fourth-order valence-electron chi connectivity index (χ4n) is 0.721. The highest BCUT2D eigenvalue weighted by Gasteiger charge is 2.18. The van der Waals surface area contributed by atoms with Crippen molar-refractivity contribution in [3.05, 3.63) is 34.9 Å². The summed E-state index contributed by atoms with van der Waals surface area (Å²) in [7, 11) is 0. The molecular weight excluding hydrogens is 248 g/mol. The van der Waals surface area contributed by atoms with E-state index >= 15 is 0 Å². The van der Waals surface area contributed by atoms with Crippen LogP contribution in [0.1, 0.15) is 10.4 Å². The molecule has 0 spiro atoms. The Bertz CT molecular complexity index is 461. The van der Waals surface area contributed by atoms with E-state index in [-0.39, 0.29) is 6.07 Å². The number of aromatic carboxylic acids is 1. The third kappa shape index (κ3) is 4.07. The lowest BCUT2D eigenvalue weighted by atomic mass is 10.2. The standard InChI is InChI=1S/C7H2F4O2.CH4N2O/c8-3-1-2(7(12)13)4(9)6(11)5(3)10;2-1(3)4/h1H,(H,12,13);(H4,2,3,4). The lowest BCUT2D eigenvalue weighted by molar-refractivity contribution is -0.255. The summed E-state index contributed by atoms with van der Waals surface area (Å²) < 4.78 is 49.4. The lowest BCUT2D eigenvalue weighted by Crippen LogP contribution is -2.60. The molecule has 0 saturated carbocycles. The summed E-state index contributed by atoms with van der Waals surface area (Å²) in [5.74, 6) is -10.1. The Morgan fingerprint density at radius 3 is 1.88 bits per heavy atom. The highest BCUT2D eigenvalue weighted by Crippen LogP contribution is 2.17. The van der Waals surface area contributed by atoms with E-state index in [4.69, 9.17) is 4.79 Å². The van der Waals surface area contributed by atoms with Gasteiger partial charge in [-0.3, -0.25) is 5.73 Å². The number of urea groups is 1. The molecule has 1 rings (SSSR count). The highest BCUT2D eigenvalue weighted by molar-refractivity contribution is 5.86. The third-order valence-electron chi connectivity index (χ3n) is 1.32. The van der Waals surface area contributed by atoms with Crippen molar-refractivity contribution >= 4 is 12.0 Å². The van der Waals surface area contributed by atoms with E-state index in [2.05, 4.69) is 11.5 Å². The molecule has 94 valence electrons. The number of quaternary nitrogens is 1. The summed E-state index contributed by atoms with van der Waals surface area (Å²) in [6, 6.07) is -0.566. The minimum absolute atomic E-state index is 0.0169. The van der Waals surface area contributed by atoms with Gasteiger partial charge in [0.15, 0.2) is 23.3 Å². The summed E-state index contributed by atoms with van der Waals surface area (Å²) in [6.07, 6.45) is 0. The van der Waals surface area contributed by atoms with Crippen molar-refractivity contribution in [2.24, 2.45) is 5.73 Å². The second-order valence-corrected chi connectivity index (χ2v) is 2.60. The number of benzene rings is 1. The van der Waals surface area contributed by atoms with Gasteiger partial charge in [-0.25, -0.2) is 22.4 Å². The Balaban J connectivity index is 0.000000557. The molecule has 5 N–H and O–H groups in total. The molecule has 1 aromatic carbocycles. The van der Waals surface area contributed by atoms with Crippen molar-refractivity contribution in [1.82, 2.24) is 0 Å². The Kier molecular flexibility index (Phi) is 5.06. The average molecular weight is 254 g/mol. The van der Waals surface area contributed by atoms with Crippen molar-refractivity contribution in [2.75, 3.05) is 0 Å². The van der Waals surface area contributed by atoms with Gasteiger partial charge in [0.25, 0.3) is 0 Å². The summed E-state index contributed by atoms with van der Waals surface area (Å²) >= 11 is 0. The first kappa shape index (κ1) is 14.8. The maximum absolute atomic E-state index is 12.5. The van der Waals surface area contributed by atoms with E-state index in [1.54, 1.807) is 0 Å². The molecule has 1 aromatic rings. The van der Waals surface area contributed by atoms with E-state index in [1.807, 2.05) is 0 Å². The van der Waals surface area contributed by atoms with Crippen molar-refractivity contribution < 1.29 is 38.0 Å². The van der Waals surface area contributed by atoms with Gasteiger partial charge in [0.2, 0.25) is 0 Å². The Morgan fingerprint density at radius 1 is 1.12 bits per heavy atom. The summed E-state index contributed by atoms with van der Waals surface area (Å²) in [4.78, 5) is 19.1. The Morgan fingerprint density at radius 2 is 1.53 bits per heavy atom. The zero-order valence-corrected chi connectivity index (χ0v) is 8.10. The second kappa shape index (κ2) is 5.80. The van der Waals surface area contributed by atoms with Crippen molar-refractivity contribution in [3.63, 3.8) is 0 Å². The number of amides is 2. The zero-order valence-electron chi connectivity index (χ0n) is 8.10. The first-order valence-electron chi connectivity index (χ1n) is 3.84. The van der Waals surface area contributed by atoms with Gasteiger partial charge in [-0.05, 0) is 6.07 Å². The minimum Gasteiger partial charge on any atom is -0.545 e. The summed E-state index contributed by atoms with van der Waals surface area (Å²) in [6.45, 7) is 0. The van der Waals surface area contributed by atoms with E-state index < -0.39 is 40.8 Å². The van der Waals surface area contributed by atoms with E-state index in [0.717, 1.165) is 0 Å². The second-order valence-electron chi connectivity index (χ2n) is 2.60. The van der Waals surface area contributed by atoms with Crippen LogP contribution in [0, 0.1) is 23.3 Å². The van der Waals surface area contributed by atoms with E-state index in [1.165, 1.54) is 0 Å². The number of primary amides is 1. The number of carbonyl (C=O) groups excluding carboxylic acids is 2. The molecule has 0 fully saturated rings. The van der Waals surface area contributed by atoms with Crippen LogP contribution in [-0.4, -0.2) is 12.0 Å². The predicted molar refractivity (Wildman–Crippen MR) is 43.1 cm³/mol. The lowest BCUT2D eigenvalue weighted by Gasteiger charge is -2.05. The van der Waals surface area contributed by atoms with Crippen LogP contribution in [0.2, 0.25) is 0 Å². The van der Waals surface area contributed by atoms with Gasteiger partial charge < -0.3 is 15.6 Å². The minimum atomic E-state index is -2.17.